The van der Waals surface area contributed by atoms with E-state index in [-0.39, 0.29) is 0 Å². The minimum Gasteiger partial charge on any atom is -0.497 e. The highest BCUT2D eigenvalue weighted by molar-refractivity contribution is 5.49. The van der Waals surface area contributed by atoms with Crippen molar-refractivity contribution in [2.45, 2.75) is 12.7 Å². The molecule has 10 heteroatoms. The van der Waals surface area contributed by atoms with Gasteiger partial charge in [0.15, 0.2) is 5.82 Å². The molecule has 1 fully saturated rings. The van der Waals surface area contributed by atoms with Gasteiger partial charge in [0.05, 0.1) is 24.9 Å². The molecule has 0 saturated carbocycles. The Balaban J connectivity index is 1.39. The average molecular weight is 418 g/mol. The van der Waals surface area contributed by atoms with Crippen molar-refractivity contribution in [3.8, 4) is 11.4 Å². The quantitative estimate of drug-likeness (QED) is 0.635. The lowest BCUT2D eigenvalue weighted by Crippen LogP contribution is -2.46. The number of hydrogen-bond donors (Lipinski definition) is 0. The van der Waals surface area contributed by atoms with Crippen molar-refractivity contribution in [2.24, 2.45) is 0 Å². The van der Waals surface area contributed by atoms with E-state index in [1.165, 1.54) is 16.8 Å². The Morgan fingerprint density at radius 2 is 1.53 bits per heavy atom. The lowest BCUT2D eigenvalue weighted by atomic mass is 10.2. The van der Waals surface area contributed by atoms with Crippen LogP contribution in [0, 0.1) is 0 Å². The first-order valence-electron chi connectivity index (χ1n) is 9.50. The predicted molar refractivity (Wildman–Crippen MR) is 105 cm³/mol. The zero-order valence-electron chi connectivity index (χ0n) is 16.4. The van der Waals surface area contributed by atoms with Gasteiger partial charge in [0.25, 0.3) is 0 Å². The SMILES string of the molecule is COc1ccc(N2CCN(Cc3nnnn3-c3ccc(C(F)(F)F)cc3)CC2)cc1. The number of ether oxygens (including phenoxy) is 1. The van der Waals surface area contributed by atoms with Crippen molar-refractivity contribution in [3.05, 3.63) is 59.9 Å². The van der Waals surface area contributed by atoms with Crippen LogP contribution in [0.1, 0.15) is 11.4 Å². The number of tetrazole rings is 1. The Kier molecular flexibility index (Phi) is 5.58. The molecule has 2 aromatic carbocycles. The van der Waals surface area contributed by atoms with Gasteiger partial charge < -0.3 is 9.64 Å². The summed E-state index contributed by atoms with van der Waals surface area (Å²) in [6.45, 7) is 3.88. The first kappa shape index (κ1) is 20.1. The summed E-state index contributed by atoms with van der Waals surface area (Å²) < 4.78 is 45.0. The van der Waals surface area contributed by atoms with Crippen LogP contribution in [0.25, 0.3) is 5.69 Å². The summed E-state index contributed by atoms with van der Waals surface area (Å²) in [7, 11) is 1.64. The number of rotatable bonds is 5. The molecule has 3 aromatic rings. The lowest BCUT2D eigenvalue weighted by Gasteiger charge is -2.35. The molecule has 0 aliphatic carbocycles. The van der Waals surface area contributed by atoms with Crippen molar-refractivity contribution in [1.82, 2.24) is 25.1 Å². The summed E-state index contributed by atoms with van der Waals surface area (Å²) in [6, 6.07) is 12.8. The van der Waals surface area contributed by atoms with Gasteiger partial charge in [0.2, 0.25) is 0 Å². The summed E-state index contributed by atoms with van der Waals surface area (Å²) in [5.74, 6) is 1.42. The zero-order chi connectivity index (χ0) is 21.1. The van der Waals surface area contributed by atoms with Gasteiger partial charge in [0.1, 0.15) is 5.75 Å². The first-order valence-corrected chi connectivity index (χ1v) is 9.50. The topological polar surface area (TPSA) is 59.3 Å². The second-order valence-corrected chi connectivity index (χ2v) is 7.01. The van der Waals surface area contributed by atoms with E-state index < -0.39 is 11.7 Å². The van der Waals surface area contributed by atoms with Crippen molar-refractivity contribution in [3.63, 3.8) is 0 Å². The van der Waals surface area contributed by atoms with Crippen LogP contribution in [0.3, 0.4) is 0 Å². The zero-order valence-corrected chi connectivity index (χ0v) is 16.4. The molecule has 1 aliphatic heterocycles. The van der Waals surface area contributed by atoms with Crippen LogP contribution >= 0.6 is 0 Å². The van der Waals surface area contributed by atoms with E-state index in [0.717, 1.165) is 49.7 Å². The summed E-state index contributed by atoms with van der Waals surface area (Å²) in [5.41, 5.74) is 0.945. The second kappa shape index (κ2) is 8.31. The number of nitrogens with zero attached hydrogens (tertiary/aromatic N) is 6. The number of hydrogen-bond acceptors (Lipinski definition) is 6. The molecule has 0 bridgehead atoms. The highest BCUT2D eigenvalue weighted by Gasteiger charge is 2.30. The Hall–Kier alpha value is -3.14. The van der Waals surface area contributed by atoms with E-state index in [9.17, 15) is 13.2 Å². The molecule has 0 amide bonds. The van der Waals surface area contributed by atoms with Gasteiger partial charge in [-0.05, 0) is 59.0 Å². The van der Waals surface area contributed by atoms with Gasteiger partial charge in [-0.25, -0.2) is 0 Å². The fraction of sp³-hybridized carbons (Fsp3) is 0.350. The third-order valence-corrected chi connectivity index (χ3v) is 5.15. The molecule has 158 valence electrons. The number of alkyl halides is 3. The number of anilines is 1. The maximum Gasteiger partial charge on any atom is 0.416 e. The molecular weight excluding hydrogens is 397 g/mol. The van der Waals surface area contributed by atoms with Crippen molar-refractivity contribution < 1.29 is 17.9 Å². The van der Waals surface area contributed by atoms with Gasteiger partial charge >= 0.3 is 6.18 Å². The molecule has 0 radical (unpaired) electrons. The monoisotopic (exact) mass is 418 g/mol. The number of aromatic nitrogens is 4. The van der Waals surface area contributed by atoms with Crippen LogP contribution in [0.2, 0.25) is 0 Å². The van der Waals surface area contributed by atoms with Crippen LogP contribution in [-0.2, 0) is 12.7 Å². The molecule has 1 aromatic heterocycles. The Bertz CT molecular complexity index is 963. The highest BCUT2D eigenvalue weighted by atomic mass is 19.4. The molecule has 0 spiro atoms. The Morgan fingerprint density at radius 1 is 0.900 bits per heavy atom. The maximum atomic E-state index is 12.8. The molecule has 7 nitrogen and oxygen atoms in total. The van der Waals surface area contributed by atoms with Gasteiger partial charge in [0, 0.05) is 31.9 Å². The highest BCUT2D eigenvalue weighted by Crippen LogP contribution is 2.29. The molecule has 0 unspecified atom stereocenters. The first-order chi connectivity index (χ1) is 14.4. The summed E-state index contributed by atoms with van der Waals surface area (Å²) in [5, 5.41) is 11.7. The molecule has 1 aliphatic rings. The van der Waals surface area contributed by atoms with E-state index in [4.69, 9.17) is 4.74 Å². The molecule has 1 saturated heterocycles. The van der Waals surface area contributed by atoms with Gasteiger partial charge in [-0.2, -0.15) is 17.9 Å². The molecular formula is C20H21F3N6O. The predicted octanol–water partition coefficient (Wildman–Crippen LogP) is 3.01. The largest absolute Gasteiger partial charge is 0.497 e. The van der Waals surface area contributed by atoms with E-state index in [0.29, 0.717) is 18.1 Å². The Labute approximate surface area is 171 Å². The summed E-state index contributed by atoms with van der Waals surface area (Å²) >= 11 is 0. The summed E-state index contributed by atoms with van der Waals surface area (Å²) in [6.07, 6.45) is -4.37. The van der Waals surface area contributed by atoms with E-state index in [2.05, 4.69) is 25.3 Å². The van der Waals surface area contributed by atoms with E-state index in [1.54, 1.807) is 7.11 Å². The lowest BCUT2D eigenvalue weighted by molar-refractivity contribution is -0.137. The number of benzene rings is 2. The molecule has 2 heterocycles. The van der Waals surface area contributed by atoms with Crippen LogP contribution in [0.15, 0.2) is 48.5 Å². The number of piperazine rings is 1. The van der Waals surface area contributed by atoms with E-state index in [1.807, 2.05) is 24.3 Å². The summed E-state index contributed by atoms with van der Waals surface area (Å²) in [4.78, 5) is 4.53. The third-order valence-electron chi connectivity index (χ3n) is 5.15. The van der Waals surface area contributed by atoms with E-state index >= 15 is 0 Å². The molecule has 0 atom stereocenters. The smallest absolute Gasteiger partial charge is 0.416 e. The average Bonchev–Trinajstić information content (AvgIpc) is 3.22. The number of methoxy groups -OCH3 is 1. The van der Waals surface area contributed by atoms with Crippen LogP contribution in [0.4, 0.5) is 18.9 Å². The van der Waals surface area contributed by atoms with Crippen LogP contribution in [0.5, 0.6) is 5.75 Å². The second-order valence-electron chi connectivity index (χ2n) is 7.01. The Morgan fingerprint density at radius 3 is 2.13 bits per heavy atom. The standard InChI is InChI=1S/C20H21F3N6O/c1-30-18-8-6-16(7-9-18)28-12-10-27(11-13-28)14-19-24-25-26-29(19)17-4-2-15(3-5-17)20(21,22)23/h2-9H,10-14H2,1H3. The minimum absolute atomic E-state index is 0.500. The molecule has 0 N–H and O–H groups in total. The third kappa shape index (κ3) is 4.38. The van der Waals surface area contributed by atoms with Crippen molar-refractivity contribution in [2.75, 3.05) is 38.2 Å². The van der Waals surface area contributed by atoms with Crippen molar-refractivity contribution in [1.29, 1.82) is 0 Å². The maximum absolute atomic E-state index is 12.8. The fourth-order valence-corrected chi connectivity index (χ4v) is 3.45. The van der Waals surface area contributed by atoms with Crippen LogP contribution < -0.4 is 9.64 Å². The molecule has 30 heavy (non-hydrogen) atoms. The van der Waals surface area contributed by atoms with Crippen molar-refractivity contribution >= 4 is 5.69 Å². The van der Waals surface area contributed by atoms with Crippen LogP contribution in [-0.4, -0.2) is 58.4 Å². The number of halogens is 3. The fourth-order valence-electron chi connectivity index (χ4n) is 3.45. The van der Waals surface area contributed by atoms with Gasteiger partial charge in [-0.15, -0.1) is 5.10 Å². The van der Waals surface area contributed by atoms with Gasteiger partial charge in [-0.1, -0.05) is 0 Å². The van der Waals surface area contributed by atoms with Gasteiger partial charge in [-0.3, -0.25) is 4.90 Å². The normalized spacial score (nSPS) is 15.4. The molecule has 4 rings (SSSR count). The minimum atomic E-state index is -4.37.